The van der Waals surface area contributed by atoms with Crippen LogP contribution in [-0.4, -0.2) is 33.7 Å². The summed E-state index contributed by atoms with van der Waals surface area (Å²) in [4.78, 5) is 16.7. The van der Waals surface area contributed by atoms with Crippen molar-refractivity contribution < 1.29 is 13.9 Å². The van der Waals surface area contributed by atoms with Crippen LogP contribution in [-0.2, 0) is 14.9 Å². The average Bonchev–Trinajstić information content (AvgIpc) is 3.00. The molecule has 6 nitrogen and oxygen atoms in total. The molecule has 0 bridgehead atoms. The predicted molar refractivity (Wildman–Crippen MR) is 83.6 cm³/mol. The molecule has 2 aliphatic rings. The molecule has 1 aliphatic heterocycles. The molecule has 2 N–H and O–H groups in total. The van der Waals surface area contributed by atoms with Gasteiger partial charge in [-0.3, -0.25) is 9.89 Å². The molecule has 1 aliphatic carbocycles. The first-order valence-corrected chi connectivity index (χ1v) is 8.23. The van der Waals surface area contributed by atoms with Crippen molar-refractivity contribution in [2.75, 3.05) is 6.54 Å². The maximum atomic E-state index is 14.0. The predicted octanol–water partition coefficient (Wildman–Crippen LogP) is 2.01. The number of halogens is 1. The van der Waals surface area contributed by atoms with Crippen molar-refractivity contribution in [3.8, 4) is 0 Å². The van der Waals surface area contributed by atoms with Crippen molar-refractivity contribution in [1.82, 2.24) is 20.5 Å². The Kier molecular flexibility index (Phi) is 3.80. The Morgan fingerprint density at radius 3 is 2.92 bits per heavy atom. The molecule has 0 spiro atoms. The number of ether oxygens (including phenoxy) is 1. The van der Waals surface area contributed by atoms with Crippen LogP contribution in [0.5, 0.6) is 0 Å². The van der Waals surface area contributed by atoms with Crippen LogP contribution in [0.2, 0.25) is 0 Å². The fraction of sp³-hybridized carbons (Fsp3) is 0.471. The van der Waals surface area contributed by atoms with Crippen LogP contribution in [0.25, 0.3) is 0 Å². The highest BCUT2D eigenvalue weighted by Crippen LogP contribution is 2.49. The summed E-state index contributed by atoms with van der Waals surface area (Å²) in [6, 6.07) is 6.52. The monoisotopic (exact) mass is 330 g/mol. The molecular weight excluding hydrogens is 311 g/mol. The summed E-state index contributed by atoms with van der Waals surface area (Å²) in [5, 5.41) is 9.58. The molecule has 0 radical (unpaired) electrons. The number of aromatic amines is 1. The summed E-state index contributed by atoms with van der Waals surface area (Å²) in [5.74, 6) is 0.292. The first-order chi connectivity index (χ1) is 11.7. The van der Waals surface area contributed by atoms with Crippen molar-refractivity contribution in [2.45, 2.75) is 43.3 Å². The van der Waals surface area contributed by atoms with Crippen LogP contribution < -0.4 is 5.32 Å². The zero-order valence-electron chi connectivity index (χ0n) is 13.2. The van der Waals surface area contributed by atoms with E-state index in [9.17, 15) is 9.18 Å². The number of H-pyrrole nitrogens is 1. The van der Waals surface area contributed by atoms with Gasteiger partial charge in [-0.05, 0) is 31.7 Å². The fourth-order valence-electron chi connectivity index (χ4n) is 3.40. The quantitative estimate of drug-likeness (QED) is 0.879. The van der Waals surface area contributed by atoms with Crippen LogP contribution in [0, 0.1) is 5.82 Å². The number of nitrogens with zero attached hydrogens (tertiary/aromatic N) is 2. The maximum absolute atomic E-state index is 14.0. The average molecular weight is 330 g/mol. The second-order valence-corrected chi connectivity index (χ2v) is 6.47. The van der Waals surface area contributed by atoms with Gasteiger partial charge in [-0.25, -0.2) is 9.37 Å². The van der Waals surface area contributed by atoms with Crippen LogP contribution in [0.3, 0.4) is 0 Å². The van der Waals surface area contributed by atoms with E-state index in [2.05, 4.69) is 20.5 Å². The Hall–Kier alpha value is -2.28. The molecule has 24 heavy (non-hydrogen) atoms. The Bertz CT molecular complexity index is 730. The van der Waals surface area contributed by atoms with Crippen molar-refractivity contribution in [2.24, 2.45) is 0 Å². The molecule has 1 amide bonds. The van der Waals surface area contributed by atoms with E-state index in [1.165, 1.54) is 12.4 Å². The first kappa shape index (κ1) is 15.3. The normalized spacial score (nSPS) is 24.7. The van der Waals surface area contributed by atoms with E-state index in [0.29, 0.717) is 30.8 Å². The van der Waals surface area contributed by atoms with E-state index in [4.69, 9.17) is 4.74 Å². The number of carbonyl (C=O) groups excluding carboxylic acids is 1. The summed E-state index contributed by atoms with van der Waals surface area (Å²) in [6.07, 6.45) is 4.36. The van der Waals surface area contributed by atoms with E-state index >= 15 is 0 Å². The Labute approximate surface area is 138 Å². The SMILES string of the molecule is O=C(NC[C@H]1CC[C@@H](c2ncn[nH]2)O1)C1(c2ccccc2F)CC1. The summed E-state index contributed by atoms with van der Waals surface area (Å²) < 4.78 is 19.9. The lowest BCUT2D eigenvalue weighted by atomic mass is 9.94. The first-order valence-electron chi connectivity index (χ1n) is 8.23. The van der Waals surface area contributed by atoms with Gasteiger partial charge in [-0.15, -0.1) is 0 Å². The van der Waals surface area contributed by atoms with Crippen LogP contribution in [0.15, 0.2) is 30.6 Å². The van der Waals surface area contributed by atoms with E-state index in [0.717, 1.165) is 12.8 Å². The van der Waals surface area contributed by atoms with Crippen molar-refractivity contribution in [3.05, 3.63) is 47.8 Å². The summed E-state index contributed by atoms with van der Waals surface area (Å²) in [5.41, 5.74) is -0.205. The molecule has 0 unspecified atom stereocenters. The fourth-order valence-corrected chi connectivity index (χ4v) is 3.40. The number of benzene rings is 1. The third kappa shape index (κ3) is 2.69. The standard InChI is InChI=1S/C17H19FN4O2/c18-13-4-2-1-3-12(13)17(7-8-17)16(23)19-9-11-5-6-14(24-11)15-20-10-21-22-15/h1-4,10-11,14H,5-9H2,(H,19,23)(H,20,21,22)/t11-,14+/m1/s1. The van der Waals surface area contributed by atoms with Crippen molar-refractivity contribution >= 4 is 5.91 Å². The molecule has 126 valence electrons. The Morgan fingerprint density at radius 1 is 1.38 bits per heavy atom. The van der Waals surface area contributed by atoms with Gasteiger partial charge < -0.3 is 10.1 Å². The third-order valence-corrected chi connectivity index (χ3v) is 4.91. The number of hydrogen-bond donors (Lipinski definition) is 2. The smallest absolute Gasteiger partial charge is 0.230 e. The van der Waals surface area contributed by atoms with Gasteiger partial charge in [0.05, 0.1) is 11.5 Å². The highest BCUT2D eigenvalue weighted by molar-refractivity contribution is 5.91. The summed E-state index contributed by atoms with van der Waals surface area (Å²) in [7, 11) is 0. The number of rotatable bonds is 5. The van der Waals surface area contributed by atoms with Crippen LogP contribution in [0.1, 0.15) is 43.2 Å². The number of hydrogen-bond acceptors (Lipinski definition) is 4. The minimum Gasteiger partial charge on any atom is -0.365 e. The van der Waals surface area contributed by atoms with E-state index in [1.54, 1.807) is 18.2 Å². The van der Waals surface area contributed by atoms with Gasteiger partial charge in [0, 0.05) is 12.1 Å². The summed E-state index contributed by atoms with van der Waals surface area (Å²) >= 11 is 0. The summed E-state index contributed by atoms with van der Waals surface area (Å²) in [6.45, 7) is 0.430. The minimum absolute atomic E-state index is 0.0551. The zero-order chi connectivity index (χ0) is 16.6. The molecule has 1 saturated heterocycles. The van der Waals surface area contributed by atoms with E-state index in [-0.39, 0.29) is 23.9 Å². The van der Waals surface area contributed by atoms with Gasteiger partial charge in [0.2, 0.25) is 5.91 Å². The third-order valence-electron chi connectivity index (χ3n) is 4.91. The van der Waals surface area contributed by atoms with Gasteiger partial charge in [0.25, 0.3) is 0 Å². The molecule has 7 heteroatoms. The maximum Gasteiger partial charge on any atom is 0.230 e. The highest BCUT2D eigenvalue weighted by atomic mass is 19.1. The van der Waals surface area contributed by atoms with E-state index in [1.807, 2.05) is 0 Å². The zero-order valence-corrected chi connectivity index (χ0v) is 13.2. The molecule has 1 aromatic heterocycles. The molecule has 2 aromatic rings. The number of carbonyl (C=O) groups is 1. The second kappa shape index (κ2) is 5.98. The van der Waals surface area contributed by atoms with Gasteiger partial charge in [0.1, 0.15) is 18.2 Å². The second-order valence-electron chi connectivity index (χ2n) is 6.47. The van der Waals surface area contributed by atoms with Crippen molar-refractivity contribution in [1.29, 1.82) is 0 Å². The largest absolute Gasteiger partial charge is 0.365 e. The lowest BCUT2D eigenvalue weighted by Crippen LogP contribution is -2.39. The van der Waals surface area contributed by atoms with Crippen LogP contribution >= 0.6 is 0 Å². The minimum atomic E-state index is -0.700. The Morgan fingerprint density at radius 2 is 2.21 bits per heavy atom. The molecule has 1 saturated carbocycles. The lowest BCUT2D eigenvalue weighted by molar-refractivity contribution is -0.124. The topological polar surface area (TPSA) is 79.9 Å². The number of aromatic nitrogens is 3. The van der Waals surface area contributed by atoms with Gasteiger partial charge in [-0.2, -0.15) is 5.10 Å². The molecule has 2 heterocycles. The Balaban J connectivity index is 1.35. The molecule has 4 rings (SSSR count). The number of amides is 1. The molecular formula is C17H19FN4O2. The molecule has 2 atom stereocenters. The molecule has 2 fully saturated rings. The van der Waals surface area contributed by atoms with E-state index < -0.39 is 5.41 Å². The lowest BCUT2D eigenvalue weighted by Gasteiger charge is -2.18. The van der Waals surface area contributed by atoms with Gasteiger partial charge in [0.15, 0.2) is 5.82 Å². The van der Waals surface area contributed by atoms with Crippen LogP contribution in [0.4, 0.5) is 4.39 Å². The number of nitrogens with one attached hydrogen (secondary N) is 2. The van der Waals surface area contributed by atoms with Crippen molar-refractivity contribution in [3.63, 3.8) is 0 Å². The molecule has 1 aromatic carbocycles. The highest BCUT2D eigenvalue weighted by Gasteiger charge is 2.52. The van der Waals surface area contributed by atoms with Gasteiger partial charge >= 0.3 is 0 Å². The van der Waals surface area contributed by atoms with Gasteiger partial charge in [-0.1, -0.05) is 18.2 Å².